The van der Waals surface area contributed by atoms with E-state index < -0.39 is 7.12 Å². The van der Waals surface area contributed by atoms with Gasteiger partial charge in [0.2, 0.25) is 0 Å². The van der Waals surface area contributed by atoms with Crippen LogP contribution in [0.1, 0.15) is 33.4 Å². The molecule has 118 valence electrons. The molecule has 4 nitrogen and oxygen atoms in total. The van der Waals surface area contributed by atoms with E-state index in [1.54, 1.807) is 12.4 Å². The number of pyridine rings is 1. The smallest absolute Gasteiger partial charge is 0.399 e. The molecule has 0 radical (unpaired) electrons. The minimum Gasteiger partial charge on any atom is -0.399 e. The summed E-state index contributed by atoms with van der Waals surface area (Å²) >= 11 is 0. The first-order valence-electron chi connectivity index (χ1n) is 7.79. The van der Waals surface area contributed by atoms with Crippen molar-refractivity contribution in [2.75, 3.05) is 0 Å². The zero-order valence-corrected chi connectivity index (χ0v) is 14.0. The van der Waals surface area contributed by atoms with E-state index in [0.717, 1.165) is 16.8 Å². The van der Waals surface area contributed by atoms with Gasteiger partial charge in [-0.25, -0.2) is 0 Å². The highest BCUT2D eigenvalue weighted by atomic mass is 16.7. The minimum absolute atomic E-state index is 0.366. The van der Waals surface area contributed by atoms with E-state index in [1.165, 1.54) is 0 Å². The molecule has 1 fully saturated rings. The van der Waals surface area contributed by atoms with E-state index in [2.05, 4.69) is 9.98 Å². The molecule has 0 saturated carbocycles. The van der Waals surface area contributed by atoms with Crippen molar-refractivity contribution in [3.8, 4) is 0 Å². The molecular formula is C18H21BN2O2. The molecule has 2 heterocycles. The lowest BCUT2D eigenvalue weighted by atomic mass is 9.78. The summed E-state index contributed by atoms with van der Waals surface area (Å²) < 4.78 is 12.3. The zero-order chi connectivity index (χ0) is 16.5. The molecule has 5 heteroatoms. The van der Waals surface area contributed by atoms with Crippen LogP contribution < -0.4 is 5.46 Å². The van der Waals surface area contributed by atoms with Crippen molar-refractivity contribution >= 4 is 24.5 Å². The number of nitrogens with zero attached hydrogens (tertiary/aromatic N) is 2. The molecule has 3 rings (SSSR count). The van der Waals surface area contributed by atoms with Crippen LogP contribution in [-0.2, 0) is 9.31 Å². The number of hydrogen-bond acceptors (Lipinski definition) is 4. The van der Waals surface area contributed by atoms with E-state index in [0.29, 0.717) is 0 Å². The Morgan fingerprint density at radius 3 is 2.26 bits per heavy atom. The minimum atomic E-state index is -0.419. The first-order valence-corrected chi connectivity index (χ1v) is 7.79. The molecular weight excluding hydrogens is 287 g/mol. The Bertz CT molecular complexity index is 698. The summed E-state index contributed by atoms with van der Waals surface area (Å²) in [6, 6.07) is 13.6. The maximum atomic E-state index is 6.13. The summed E-state index contributed by atoms with van der Waals surface area (Å²) in [7, 11) is -0.419. The second-order valence-electron chi connectivity index (χ2n) is 6.66. The molecule has 2 aromatic rings. The third-order valence-corrected chi connectivity index (χ3v) is 4.47. The van der Waals surface area contributed by atoms with Gasteiger partial charge in [-0.3, -0.25) is 9.98 Å². The average Bonchev–Trinajstić information content (AvgIpc) is 2.75. The molecule has 0 amide bonds. The lowest BCUT2D eigenvalue weighted by molar-refractivity contribution is 0.00578. The predicted octanol–water partition coefficient (Wildman–Crippen LogP) is 3.13. The first kappa shape index (κ1) is 15.9. The molecule has 1 aliphatic heterocycles. The quantitative estimate of drug-likeness (QED) is 0.646. The van der Waals surface area contributed by atoms with Gasteiger partial charge in [0, 0.05) is 11.7 Å². The lowest BCUT2D eigenvalue weighted by Gasteiger charge is -2.32. The van der Waals surface area contributed by atoms with E-state index in [4.69, 9.17) is 9.31 Å². The van der Waals surface area contributed by atoms with Crippen LogP contribution in [0, 0.1) is 0 Å². The fourth-order valence-electron chi connectivity index (χ4n) is 2.36. The van der Waals surface area contributed by atoms with Crippen molar-refractivity contribution in [2.24, 2.45) is 4.99 Å². The summed E-state index contributed by atoms with van der Waals surface area (Å²) in [6.45, 7) is 8.19. The van der Waals surface area contributed by atoms with Gasteiger partial charge in [0.05, 0.1) is 28.8 Å². The van der Waals surface area contributed by atoms with Gasteiger partial charge in [-0.1, -0.05) is 24.3 Å². The van der Waals surface area contributed by atoms with Crippen molar-refractivity contribution in [1.82, 2.24) is 4.98 Å². The summed E-state index contributed by atoms with van der Waals surface area (Å²) in [5, 5.41) is 0. The average molecular weight is 308 g/mol. The van der Waals surface area contributed by atoms with Crippen LogP contribution in [0.4, 0.5) is 5.69 Å². The molecule has 1 saturated heterocycles. The van der Waals surface area contributed by atoms with Crippen LogP contribution in [-0.4, -0.2) is 29.5 Å². The van der Waals surface area contributed by atoms with Gasteiger partial charge in [0.1, 0.15) is 0 Å². The van der Waals surface area contributed by atoms with Crippen LogP contribution in [0.5, 0.6) is 0 Å². The van der Waals surface area contributed by atoms with Crippen molar-refractivity contribution in [3.05, 3.63) is 54.4 Å². The number of benzene rings is 1. The Morgan fingerprint density at radius 1 is 0.957 bits per heavy atom. The van der Waals surface area contributed by atoms with Crippen molar-refractivity contribution < 1.29 is 9.31 Å². The third kappa shape index (κ3) is 3.21. The van der Waals surface area contributed by atoms with Crippen LogP contribution in [0.25, 0.3) is 0 Å². The van der Waals surface area contributed by atoms with Crippen molar-refractivity contribution in [2.45, 2.75) is 38.9 Å². The van der Waals surface area contributed by atoms with E-state index >= 15 is 0 Å². The highest BCUT2D eigenvalue weighted by Gasteiger charge is 2.52. The van der Waals surface area contributed by atoms with Gasteiger partial charge in [0.15, 0.2) is 0 Å². The van der Waals surface area contributed by atoms with E-state index in [-0.39, 0.29) is 11.2 Å². The number of hydrogen-bond donors (Lipinski definition) is 0. The second-order valence-corrected chi connectivity index (χ2v) is 6.66. The topological polar surface area (TPSA) is 43.7 Å². The number of aliphatic imine (C=N–C) groups is 1. The SMILES string of the molecule is CC1(C)OB(c2ccccc2N=Cc2ccccn2)OC1(C)C. The summed E-state index contributed by atoms with van der Waals surface area (Å²) in [6.07, 6.45) is 3.51. The standard InChI is InChI=1S/C18H21BN2O2/c1-17(2)18(3,4)23-19(22-17)15-10-5-6-11-16(15)21-13-14-9-7-8-12-20-14/h5-13H,1-4H3. The molecule has 0 unspecified atom stereocenters. The van der Waals surface area contributed by atoms with Crippen LogP contribution in [0.3, 0.4) is 0 Å². The van der Waals surface area contributed by atoms with Gasteiger partial charge in [-0.2, -0.15) is 0 Å². The number of rotatable bonds is 3. The fraction of sp³-hybridized carbons (Fsp3) is 0.333. The Morgan fingerprint density at radius 2 is 1.61 bits per heavy atom. The molecule has 0 N–H and O–H groups in total. The van der Waals surface area contributed by atoms with Gasteiger partial charge >= 0.3 is 7.12 Å². The highest BCUT2D eigenvalue weighted by Crippen LogP contribution is 2.37. The predicted molar refractivity (Wildman–Crippen MR) is 93.6 cm³/mol. The molecule has 0 aliphatic carbocycles. The lowest BCUT2D eigenvalue weighted by Crippen LogP contribution is -2.41. The molecule has 1 aromatic heterocycles. The molecule has 0 atom stereocenters. The normalized spacial score (nSPS) is 19.4. The van der Waals surface area contributed by atoms with Crippen molar-refractivity contribution in [1.29, 1.82) is 0 Å². The van der Waals surface area contributed by atoms with Gasteiger partial charge < -0.3 is 9.31 Å². The third-order valence-electron chi connectivity index (χ3n) is 4.47. The van der Waals surface area contributed by atoms with Gasteiger partial charge in [-0.05, 0) is 45.9 Å². The summed E-state index contributed by atoms with van der Waals surface area (Å²) in [4.78, 5) is 8.82. The first-order chi connectivity index (χ1) is 10.9. The van der Waals surface area contributed by atoms with Gasteiger partial charge in [0.25, 0.3) is 0 Å². The molecule has 1 aromatic carbocycles. The Labute approximate surface area is 137 Å². The number of aromatic nitrogens is 1. The Balaban J connectivity index is 1.89. The van der Waals surface area contributed by atoms with Crippen molar-refractivity contribution in [3.63, 3.8) is 0 Å². The molecule has 23 heavy (non-hydrogen) atoms. The second kappa shape index (κ2) is 5.91. The van der Waals surface area contributed by atoms with E-state index in [1.807, 2.05) is 70.2 Å². The van der Waals surface area contributed by atoms with Gasteiger partial charge in [-0.15, -0.1) is 0 Å². The Hall–Kier alpha value is -1.98. The molecule has 0 bridgehead atoms. The summed E-state index contributed by atoms with van der Waals surface area (Å²) in [5.74, 6) is 0. The monoisotopic (exact) mass is 308 g/mol. The highest BCUT2D eigenvalue weighted by molar-refractivity contribution is 6.63. The molecule has 1 aliphatic rings. The summed E-state index contributed by atoms with van der Waals surface area (Å²) in [5.41, 5.74) is 1.84. The zero-order valence-electron chi connectivity index (χ0n) is 14.0. The Kier molecular flexibility index (Phi) is 4.09. The fourth-order valence-corrected chi connectivity index (χ4v) is 2.36. The largest absolute Gasteiger partial charge is 0.497 e. The van der Waals surface area contributed by atoms with Crippen LogP contribution in [0.2, 0.25) is 0 Å². The molecule has 0 spiro atoms. The van der Waals surface area contributed by atoms with Crippen LogP contribution >= 0.6 is 0 Å². The van der Waals surface area contributed by atoms with E-state index in [9.17, 15) is 0 Å². The number of para-hydroxylation sites is 1. The maximum Gasteiger partial charge on any atom is 0.497 e. The maximum absolute atomic E-state index is 6.13. The van der Waals surface area contributed by atoms with Crippen LogP contribution in [0.15, 0.2) is 53.7 Å².